The van der Waals surface area contributed by atoms with Crippen molar-refractivity contribution in [2.45, 2.75) is 52.0 Å². The van der Waals surface area contributed by atoms with Gasteiger partial charge in [0.15, 0.2) is 8.07 Å². The van der Waals surface area contributed by atoms with Gasteiger partial charge in [-0.3, -0.25) is 0 Å². The zero-order chi connectivity index (χ0) is 21.7. The van der Waals surface area contributed by atoms with Gasteiger partial charge in [-0.1, -0.05) is 94.8 Å². The van der Waals surface area contributed by atoms with Gasteiger partial charge in [-0.25, -0.2) is 9.59 Å². The quantitative estimate of drug-likeness (QED) is 0.504. The van der Waals surface area contributed by atoms with Gasteiger partial charge < -0.3 is 10.2 Å². The van der Waals surface area contributed by atoms with Gasteiger partial charge in [0.25, 0.3) is 0 Å². The largest absolute Gasteiger partial charge is 0.478 e. The molecule has 2 aromatic carbocycles. The normalized spacial score (nSPS) is 13.0. The molecule has 2 N–H and O–H groups in total. The minimum atomic E-state index is -3.22. The molecule has 0 atom stereocenters. The summed E-state index contributed by atoms with van der Waals surface area (Å²) in [5.74, 6) is -2.27. The predicted molar refractivity (Wildman–Crippen MR) is 119 cm³/mol. The third kappa shape index (κ3) is 4.35. The molecule has 4 nitrogen and oxygen atoms in total. The van der Waals surface area contributed by atoms with Crippen LogP contribution in [0, 0.1) is 0 Å². The van der Waals surface area contributed by atoms with Crippen LogP contribution in [0.25, 0.3) is 0 Å². The first-order valence-electron chi connectivity index (χ1n) is 9.99. The van der Waals surface area contributed by atoms with E-state index in [1.807, 2.05) is 88.4 Å². The van der Waals surface area contributed by atoms with Crippen LogP contribution >= 0.6 is 0 Å². The SMILES string of the molecule is CCCC/C(C(=O)O)=C(/C(=O)O)[Si](c1ccccc1)(c1ccccc1)C(C)(C)C. The Balaban J connectivity index is 3.09. The molecule has 0 amide bonds. The lowest BCUT2D eigenvalue weighted by atomic mass is 10.1. The fourth-order valence-electron chi connectivity index (χ4n) is 4.28. The summed E-state index contributed by atoms with van der Waals surface area (Å²) in [5.41, 5.74) is 0.0358. The van der Waals surface area contributed by atoms with Crippen molar-refractivity contribution in [1.29, 1.82) is 0 Å². The van der Waals surface area contributed by atoms with Crippen LogP contribution in [-0.4, -0.2) is 30.2 Å². The van der Waals surface area contributed by atoms with Crippen molar-refractivity contribution in [3.8, 4) is 0 Å². The van der Waals surface area contributed by atoms with E-state index >= 15 is 0 Å². The van der Waals surface area contributed by atoms with Gasteiger partial charge in [0.2, 0.25) is 0 Å². The molecule has 0 saturated carbocycles. The first-order chi connectivity index (χ1) is 13.7. The van der Waals surface area contributed by atoms with Crippen molar-refractivity contribution < 1.29 is 19.8 Å². The number of carbonyl (C=O) groups is 2. The molecule has 0 saturated heterocycles. The van der Waals surface area contributed by atoms with E-state index in [2.05, 4.69) is 0 Å². The van der Waals surface area contributed by atoms with E-state index in [-0.39, 0.29) is 17.2 Å². The minimum Gasteiger partial charge on any atom is -0.478 e. The number of carboxylic acid groups (broad SMARTS) is 2. The Morgan fingerprint density at radius 3 is 1.59 bits per heavy atom. The molecular formula is C24H30O4Si. The van der Waals surface area contributed by atoms with Gasteiger partial charge >= 0.3 is 11.9 Å². The molecule has 5 heteroatoms. The lowest BCUT2D eigenvalue weighted by molar-refractivity contribution is -0.135. The average molecular weight is 411 g/mol. The van der Waals surface area contributed by atoms with Crippen molar-refractivity contribution in [1.82, 2.24) is 0 Å². The molecule has 154 valence electrons. The summed E-state index contributed by atoms with van der Waals surface area (Å²) in [7, 11) is -3.22. The molecule has 29 heavy (non-hydrogen) atoms. The van der Waals surface area contributed by atoms with Crippen LogP contribution in [-0.2, 0) is 9.59 Å². The monoisotopic (exact) mass is 410 g/mol. The van der Waals surface area contributed by atoms with Crippen LogP contribution in [0.1, 0.15) is 47.0 Å². The van der Waals surface area contributed by atoms with Gasteiger partial charge in [-0.2, -0.15) is 0 Å². The van der Waals surface area contributed by atoms with E-state index in [4.69, 9.17) is 0 Å². The van der Waals surface area contributed by atoms with Gasteiger partial charge in [0.1, 0.15) is 0 Å². The van der Waals surface area contributed by atoms with E-state index < -0.39 is 25.1 Å². The average Bonchev–Trinajstić information content (AvgIpc) is 2.67. The minimum absolute atomic E-state index is 0.0358. The molecule has 0 bridgehead atoms. The van der Waals surface area contributed by atoms with E-state index in [1.165, 1.54) is 0 Å². The number of benzene rings is 2. The number of rotatable bonds is 8. The molecule has 0 spiro atoms. The lowest BCUT2D eigenvalue weighted by Crippen LogP contribution is -2.67. The fraction of sp³-hybridized carbons (Fsp3) is 0.333. The van der Waals surface area contributed by atoms with E-state index in [9.17, 15) is 19.8 Å². The van der Waals surface area contributed by atoms with Crippen molar-refractivity contribution in [3.05, 3.63) is 71.4 Å². The van der Waals surface area contributed by atoms with E-state index in [0.29, 0.717) is 6.42 Å². The fourth-order valence-corrected chi connectivity index (χ4v) is 10.1. The second kappa shape index (κ2) is 9.22. The number of hydrogen-bond donors (Lipinski definition) is 2. The molecule has 0 unspecified atom stereocenters. The Morgan fingerprint density at radius 2 is 1.28 bits per heavy atom. The zero-order valence-corrected chi connectivity index (χ0v) is 18.6. The summed E-state index contributed by atoms with van der Waals surface area (Å²) in [6.07, 6.45) is 1.68. The third-order valence-electron chi connectivity index (χ3n) is 5.47. The maximum Gasteiger partial charge on any atom is 0.331 e. The van der Waals surface area contributed by atoms with Crippen LogP contribution in [0.2, 0.25) is 5.04 Å². The Labute approximate surface area is 173 Å². The van der Waals surface area contributed by atoms with Gasteiger partial charge in [-0.05, 0) is 28.3 Å². The maximum atomic E-state index is 12.8. The van der Waals surface area contributed by atoms with Gasteiger partial charge in [-0.15, -0.1) is 0 Å². The maximum absolute atomic E-state index is 12.8. The molecule has 0 heterocycles. The number of hydrogen-bond acceptors (Lipinski definition) is 2. The molecule has 2 aromatic rings. The summed E-state index contributed by atoms with van der Waals surface area (Å²) in [4.78, 5) is 25.1. The van der Waals surface area contributed by atoms with Crippen molar-refractivity contribution in [2.24, 2.45) is 0 Å². The van der Waals surface area contributed by atoms with E-state index in [1.54, 1.807) is 0 Å². The third-order valence-corrected chi connectivity index (χ3v) is 11.4. The highest BCUT2D eigenvalue weighted by atomic mass is 28.3. The first kappa shape index (κ1) is 22.6. The number of unbranched alkanes of at least 4 members (excludes halogenated alkanes) is 1. The lowest BCUT2D eigenvalue weighted by Gasteiger charge is -2.45. The molecule has 0 aliphatic carbocycles. The molecule has 2 rings (SSSR count). The second-order valence-corrected chi connectivity index (χ2v) is 13.0. The molecular weight excluding hydrogens is 380 g/mol. The molecule has 0 aliphatic rings. The Bertz CT molecular complexity index is 841. The zero-order valence-electron chi connectivity index (χ0n) is 17.6. The topological polar surface area (TPSA) is 74.6 Å². The summed E-state index contributed by atoms with van der Waals surface area (Å²) in [5, 5.41) is 21.9. The van der Waals surface area contributed by atoms with Gasteiger partial charge in [0, 0.05) is 10.8 Å². The highest BCUT2D eigenvalue weighted by Crippen LogP contribution is 2.42. The van der Waals surface area contributed by atoms with Crippen LogP contribution < -0.4 is 10.4 Å². The molecule has 0 aliphatic heterocycles. The summed E-state index contributed by atoms with van der Waals surface area (Å²) in [6, 6.07) is 19.2. The van der Waals surface area contributed by atoms with Crippen LogP contribution in [0.4, 0.5) is 0 Å². The predicted octanol–water partition coefficient (Wildman–Crippen LogP) is 4.24. The van der Waals surface area contributed by atoms with Crippen LogP contribution in [0.15, 0.2) is 71.4 Å². The van der Waals surface area contributed by atoms with Crippen molar-refractivity contribution in [2.75, 3.05) is 0 Å². The first-order valence-corrected chi connectivity index (χ1v) is 12.0. The van der Waals surface area contributed by atoms with Gasteiger partial charge in [0.05, 0.1) is 0 Å². The standard InChI is InChI=1S/C24H30O4Si/c1-5-6-17-20(22(25)26)21(23(27)28)29(24(2,3)4,18-13-9-7-10-14-18)19-15-11-8-12-16-19/h7-16H,5-6,17H2,1-4H3,(H,25,26)(H,27,28)/b21-20+. The summed E-state index contributed by atoms with van der Waals surface area (Å²) < 4.78 is 0. The van der Waals surface area contributed by atoms with Crippen LogP contribution in [0.3, 0.4) is 0 Å². The Morgan fingerprint density at radius 1 is 0.828 bits per heavy atom. The Kier molecular flexibility index (Phi) is 7.20. The Hall–Kier alpha value is -2.66. The molecule has 0 aromatic heterocycles. The summed E-state index contributed by atoms with van der Waals surface area (Å²) in [6.45, 7) is 8.06. The summed E-state index contributed by atoms with van der Waals surface area (Å²) >= 11 is 0. The highest BCUT2D eigenvalue weighted by Gasteiger charge is 2.54. The van der Waals surface area contributed by atoms with Crippen molar-refractivity contribution >= 4 is 30.4 Å². The second-order valence-electron chi connectivity index (χ2n) is 8.30. The highest BCUT2D eigenvalue weighted by molar-refractivity contribution is 7.11. The number of carboxylic acids is 2. The molecule has 0 radical (unpaired) electrons. The van der Waals surface area contributed by atoms with E-state index in [0.717, 1.165) is 16.8 Å². The number of aliphatic carboxylic acids is 2. The smallest absolute Gasteiger partial charge is 0.331 e. The van der Waals surface area contributed by atoms with Crippen LogP contribution in [0.5, 0.6) is 0 Å². The molecule has 0 fully saturated rings. The van der Waals surface area contributed by atoms with Crippen molar-refractivity contribution in [3.63, 3.8) is 0 Å².